The second kappa shape index (κ2) is 7.04. The van der Waals surface area contributed by atoms with E-state index in [1.165, 1.54) is 36.4 Å². The third-order valence-electron chi connectivity index (χ3n) is 3.06. The van der Waals surface area contributed by atoms with E-state index in [4.69, 9.17) is 0 Å². The normalized spacial score (nSPS) is 10.8. The standard InChI is InChI=1S/C16H11F3N2O4/c17-16(18,19)15(25)20-10-7-5-9(6-8-10)13(22)21-12-4-2-1-3-11(12)14(23)24/h1-8H,(H,20,25)(H,21,22)(H,23,24)/p-1. The number of alkyl halides is 3. The van der Waals surface area contributed by atoms with Gasteiger partial charge >= 0.3 is 12.1 Å². The lowest BCUT2D eigenvalue weighted by molar-refractivity contribution is -0.254. The Labute approximate surface area is 139 Å². The molecule has 0 aromatic heterocycles. The molecule has 0 aliphatic rings. The van der Waals surface area contributed by atoms with Gasteiger partial charge in [0.1, 0.15) is 0 Å². The molecular weight excluding hydrogens is 341 g/mol. The first kappa shape index (κ1) is 18.0. The summed E-state index contributed by atoms with van der Waals surface area (Å²) in [5.74, 6) is -4.28. The third kappa shape index (κ3) is 4.56. The molecule has 2 aromatic carbocycles. The molecule has 0 saturated heterocycles. The van der Waals surface area contributed by atoms with Crippen LogP contribution in [-0.4, -0.2) is 24.0 Å². The number of aromatic carboxylic acids is 1. The van der Waals surface area contributed by atoms with E-state index < -0.39 is 24.0 Å². The summed E-state index contributed by atoms with van der Waals surface area (Å²) in [6.07, 6.45) is -5.02. The van der Waals surface area contributed by atoms with Crippen molar-refractivity contribution < 1.29 is 32.7 Å². The number of para-hydroxylation sites is 1. The van der Waals surface area contributed by atoms with Crippen molar-refractivity contribution in [2.24, 2.45) is 0 Å². The van der Waals surface area contributed by atoms with Gasteiger partial charge in [0.15, 0.2) is 0 Å². The van der Waals surface area contributed by atoms with Gasteiger partial charge in [-0.25, -0.2) is 0 Å². The maximum Gasteiger partial charge on any atom is 0.471 e. The monoisotopic (exact) mass is 351 g/mol. The number of amides is 2. The number of halogens is 3. The Balaban J connectivity index is 2.11. The molecule has 0 unspecified atom stereocenters. The van der Waals surface area contributed by atoms with E-state index in [2.05, 4.69) is 5.32 Å². The van der Waals surface area contributed by atoms with Crippen LogP contribution in [0, 0.1) is 0 Å². The molecule has 2 amide bonds. The van der Waals surface area contributed by atoms with E-state index in [-0.39, 0.29) is 22.5 Å². The van der Waals surface area contributed by atoms with Gasteiger partial charge in [0.05, 0.1) is 11.7 Å². The van der Waals surface area contributed by atoms with E-state index in [1.54, 1.807) is 5.32 Å². The van der Waals surface area contributed by atoms with Crippen molar-refractivity contribution in [1.29, 1.82) is 0 Å². The van der Waals surface area contributed by atoms with Crippen LogP contribution >= 0.6 is 0 Å². The summed E-state index contributed by atoms with van der Waals surface area (Å²) < 4.78 is 36.5. The summed E-state index contributed by atoms with van der Waals surface area (Å²) >= 11 is 0. The number of anilines is 2. The Bertz CT molecular complexity index is 817. The summed E-state index contributed by atoms with van der Waals surface area (Å²) in [7, 11) is 0. The lowest BCUT2D eigenvalue weighted by Crippen LogP contribution is -2.29. The van der Waals surface area contributed by atoms with Crippen molar-refractivity contribution in [1.82, 2.24) is 0 Å². The number of rotatable bonds is 4. The maximum atomic E-state index is 12.2. The van der Waals surface area contributed by atoms with E-state index >= 15 is 0 Å². The Morgan fingerprint density at radius 2 is 1.48 bits per heavy atom. The molecule has 0 heterocycles. The molecule has 0 radical (unpaired) electrons. The summed E-state index contributed by atoms with van der Waals surface area (Å²) in [6, 6.07) is 10.2. The number of carboxylic acids is 1. The van der Waals surface area contributed by atoms with Crippen LogP contribution in [-0.2, 0) is 4.79 Å². The highest BCUT2D eigenvalue weighted by Gasteiger charge is 2.38. The van der Waals surface area contributed by atoms with Gasteiger partial charge in [-0.2, -0.15) is 13.2 Å². The van der Waals surface area contributed by atoms with Crippen LogP contribution in [0.2, 0.25) is 0 Å². The Kier molecular flexibility index (Phi) is 5.06. The molecular formula is C16H10F3N2O4-. The van der Waals surface area contributed by atoms with Crippen molar-refractivity contribution >= 4 is 29.2 Å². The first-order valence-electron chi connectivity index (χ1n) is 6.78. The zero-order chi connectivity index (χ0) is 18.6. The van der Waals surface area contributed by atoms with Gasteiger partial charge in [-0.15, -0.1) is 0 Å². The third-order valence-corrected chi connectivity index (χ3v) is 3.06. The van der Waals surface area contributed by atoms with Crippen LogP contribution < -0.4 is 15.7 Å². The van der Waals surface area contributed by atoms with Crippen molar-refractivity contribution in [2.75, 3.05) is 10.6 Å². The van der Waals surface area contributed by atoms with Crippen molar-refractivity contribution in [3.63, 3.8) is 0 Å². The number of carbonyl (C=O) groups excluding carboxylic acids is 3. The highest BCUT2D eigenvalue weighted by atomic mass is 19.4. The molecule has 6 nitrogen and oxygen atoms in total. The number of benzene rings is 2. The molecule has 130 valence electrons. The maximum absolute atomic E-state index is 12.2. The Morgan fingerprint density at radius 1 is 0.880 bits per heavy atom. The average molecular weight is 351 g/mol. The average Bonchev–Trinajstić information content (AvgIpc) is 2.54. The molecule has 0 aliphatic carbocycles. The minimum Gasteiger partial charge on any atom is -0.545 e. The summed E-state index contributed by atoms with van der Waals surface area (Å²) in [4.78, 5) is 33.9. The highest BCUT2D eigenvalue weighted by molar-refractivity contribution is 6.07. The highest BCUT2D eigenvalue weighted by Crippen LogP contribution is 2.19. The molecule has 2 rings (SSSR count). The van der Waals surface area contributed by atoms with E-state index in [0.717, 1.165) is 12.1 Å². The smallest absolute Gasteiger partial charge is 0.471 e. The number of carbonyl (C=O) groups is 3. The number of hydrogen-bond acceptors (Lipinski definition) is 4. The molecule has 2 N–H and O–H groups in total. The number of hydrogen-bond donors (Lipinski definition) is 2. The molecule has 0 fully saturated rings. The molecule has 0 saturated carbocycles. The van der Waals surface area contributed by atoms with Gasteiger partial charge in [0.25, 0.3) is 5.91 Å². The fourth-order valence-electron chi connectivity index (χ4n) is 1.87. The predicted octanol–water partition coefficient (Wildman–Crippen LogP) is 1.80. The SMILES string of the molecule is O=C(Nc1ccccc1C(=O)[O-])c1ccc(NC(=O)C(F)(F)F)cc1. The van der Waals surface area contributed by atoms with Crippen molar-refractivity contribution in [3.8, 4) is 0 Å². The first-order chi connectivity index (χ1) is 11.7. The van der Waals surface area contributed by atoms with E-state index in [9.17, 15) is 32.7 Å². The van der Waals surface area contributed by atoms with Gasteiger partial charge in [-0.05, 0) is 30.3 Å². The van der Waals surface area contributed by atoms with Crippen LogP contribution in [0.15, 0.2) is 48.5 Å². The van der Waals surface area contributed by atoms with E-state index in [1.807, 2.05) is 0 Å². The summed E-state index contributed by atoms with van der Waals surface area (Å²) in [5.41, 5.74) is -0.293. The van der Waals surface area contributed by atoms with Crippen LogP contribution in [0.25, 0.3) is 0 Å². The lowest BCUT2D eigenvalue weighted by atomic mass is 10.1. The van der Waals surface area contributed by atoms with Crippen LogP contribution in [0.3, 0.4) is 0 Å². The molecule has 0 atom stereocenters. The second-order valence-corrected chi connectivity index (χ2v) is 4.82. The first-order valence-corrected chi connectivity index (χ1v) is 6.78. The number of carboxylic acid groups (broad SMARTS) is 1. The minimum atomic E-state index is -5.02. The fraction of sp³-hybridized carbons (Fsp3) is 0.0625. The number of nitrogens with one attached hydrogen (secondary N) is 2. The zero-order valence-corrected chi connectivity index (χ0v) is 12.4. The van der Waals surface area contributed by atoms with Gasteiger partial charge in [-0.1, -0.05) is 18.2 Å². The molecule has 2 aromatic rings. The van der Waals surface area contributed by atoms with Gasteiger partial charge in [-0.3, -0.25) is 9.59 Å². The topological polar surface area (TPSA) is 98.3 Å². The fourth-order valence-corrected chi connectivity index (χ4v) is 1.87. The molecule has 0 aliphatic heterocycles. The molecule has 0 spiro atoms. The Hall–Kier alpha value is -3.36. The van der Waals surface area contributed by atoms with Crippen molar-refractivity contribution in [3.05, 3.63) is 59.7 Å². The largest absolute Gasteiger partial charge is 0.545 e. The van der Waals surface area contributed by atoms with Crippen molar-refractivity contribution in [2.45, 2.75) is 6.18 Å². The summed E-state index contributed by atoms with van der Waals surface area (Å²) in [6.45, 7) is 0. The van der Waals surface area contributed by atoms with Crippen LogP contribution in [0.4, 0.5) is 24.5 Å². The van der Waals surface area contributed by atoms with Crippen LogP contribution in [0.1, 0.15) is 20.7 Å². The lowest BCUT2D eigenvalue weighted by Gasteiger charge is -2.12. The Morgan fingerprint density at radius 3 is 2.04 bits per heavy atom. The molecule has 0 bridgehead atoms. The predicted molar refractivity (Wildman–Crippen MR) is 79.9 cm³/mol. The molecule has 25 heavy (non-hydrogen) atoms. The molecule has 9 heteroatoms. The zero-order valence-electron chi connectivity index (χ0n) is 12.4. The quantitative estimate of drug-likeness (QED) is 0.878. The second-order valence-electron chi connectivity index (χ2n) is 4.82. The minimum absolute atomic E-state index is 0.0157. The van der Waals surface area contributed by atoms with E-state index in [0.29, 0.717) is 0 Å². The summed E-state index contributed by atoms with van der Waals surface area (Å²) in [5, 5.41) is 15.0. The van der Waals surface area contributed by atoms with Gasteiger partial charge in [0.2, 0.25) is 0 Å². The van der Waals surface area contributed by atoms with Gasteiger partial charge < -0.3 is 20.5 Å². The van der Waals surface area contributed by atoms with Crippen LogP contribution in [0.5, 0.6) is 0 Å². The van der Waals surface area contributed by atoms with Gasteiger partial charge in [0, 0.05) is 16.8 Å².